The van der Waals surface area contributed by atoms with Gasteiger partial charge in [-0.15, -0.1) is 11.6 Å². The van der Waals surface area contributed by atoms with Gasteiger partial charge in [0.2, 0.25) is 0 Å². The molecule has 1 unspecified atom stereocenters. The number of hydrogen-bond acceptors (Lipinski definition) is 1. The molecule has 0 aromatic heterocycles. The normalized spacial score (nSPS) is 32.2. The van der Waals surface area contributed by atoms with Gasteiger partial charge in [0, 0.05) is 10.9 Å². The smallest absolute Gasteiger partial charge is 0.139 e. The van der Waals surface area contributed by atoms with E-state index in [4.69, 9.17) is 11.6 Å². The Balaban J connectivity index is 3.01. The molecule has 62 valence electrons. The third kappa shape index (κ3) is 2.47. The average molecular weight is 367 g/mol. The molecule has 0 saturated heterocycles. The van der Waals surface area contributed by atoms with E-state index in [1.165, 1.54) is 0 Å². The molecule has 0 saturated carbocycles. The second-order valence-corrected chi connectivity index (χ2v) is 6.54. The van der Waals surface area contributed by atoms with E-state index in [9.17, 15) is 5.11 Å². The first-order valence-corrected chi connectivity index (χ1v) is 5.52. The van der Waals surface area contributed by atoms with Crippen molar-refractivity contribution < 1.29 is 5.11 Å². The summed E-state index contributed by atoms with van der Waals surface area (Å²) in [5.41, 5.74) is 0. The first-order valence-electron chi connectivity index (χ1n) is 2.76. The standard InChI is InChI=1S/C6H4Br3ClO/c7-3-1-6(9,10)2-4(8)5(3)11/h1,11H,2H2. The van der Waals surface area contributed by atoms with Crippen LogP contribution in [0.2, 0.25) is 0 Å². The van der Waals surface area contributed by atoms with Crippen molar-refractivity contribution in [3.05, 3.63) is 20.8 Å². The van der Waals surface area contributed by atoms with E-state index < -0.39 is 3.78 Å². The van der Waals surface area contributed by atoms with E-state index in [0.717, 1.165) is 0 Å². The molecule has 1 aliphatic carbocycles. The van der Waals surface area contributed by atoms with Gasteiger partial charge in [-0.2, -0.15) is 0 Å². The van der Waals surface area contributed by atoms with Gasteiger partial charge in [-0.1, -0.05) is 31.9 Å². The number of rotatable bonds is 0. The van der Waals surface area contributed by atoms with E-state index in [0.29, 0.717) is 15.4 Å². The van der Waals surface area contributed by atoms with Crippen molar-refractivity contribution in [1.29, 1.82) is 0 Å². The Kier molecular flexibility index (Phi) is 3.12. The van der Waals surface area contributed by atoms with Crippen molar-refractivity contribution in [2.45, 2.75) is 10.2 Å². The van der Waals surface area contributed by atoms with Crippen LogP contribution in [0.5, 0.6) is 0 Å². The Labute approximate surface area is 94.9 Å². The van der Waals surface area contributed by atoms with Gasteiger partial charge >= 0.3 is 0 Å². The highest BCUT2D eigenvalue weighted by molar-refractivity contribution is 9.12. The minimum Gasteiger partial charge on any atom is -0.506 e. The second kappa shape index (κ2) is 3.40. The molecule has 1 aliphatic rings. The molecule has 5 heteroatoms. The van der Waals surface area contributed by atoms with Gasteiger partial charge in [-0.3, -0.25) is 0 Å². The van der Waals surface area contributed by atoms with Crippen LogP contribution >= 0.6 is 59.4 Å². The van der Waals surface area contributed by atoms with Crippen molar-refractivity contribution in [3.63, 3.8) is 0 Å². The van der Waals surface area contributed by atoms with Gasteiger partial charge in [0.25, 0.3) is 0 Å². The summed E-state index contributed by atoms with van der Waals surface area (Å²) in [6, 6.07) is 0. The molecular formula is C6H4Br3ClO. The zero-order valence-electron chi connectivity index (χ0n) is 5.24. The van der Waals surface area contributed by atoms with Gasteiger partial charge in [-0.25, -0.2) is 0 Å². The summed E-state index contributed by atoms with van der Waals surface area (Å²) in [5, 5.41) is 9.32. The zero-order chi connectivity index (χ0) is 8.65. The Morgan fingerprint density at radius 2 is 2.09 bits per heavy atom. The first-order chi connectivity index (χ1) is 4.92. The molecule has 1 rings (SSSR count). The molecule has 0 aliphatic heterocycles. The lowest BCUT2D eigenvalue weighted by Gasteiger charge is -2.21. The molecule has 0 aromatic carbocycles. The first kappa shape index (κ1) is 10.1. The SMILES string of the molecule is OC1=C(Br)CC(Cl)(Br)C=C1Br. The van der Waals surface area contributed by atoms with Crippen LogP contribution in [0.15, 0.2) is 20.8 Å². The molecule has 0 aromatic rings. The molecule has 1 N–H and O–H groups in total. The van der Waals surface area contributed by atoms with Crippen LogP contribution in [0, 0.1) is 0 Å². The van der Waals surface area contributed by atoms with Crippen LogP contribution < -0.4 is 0 Å². The number of hydrogen-bond donors (Lipinski definition) is 1. The molecule has 0 heterocycles. The van der Waals surface area contributed by atoms with Crippen LogP contribution in [-0.4, -0.2) is 8.89 Å². The van der Waals surface area contributed by atoms with Crippen LogP contribution in [0.3, 0.4) is 0 Å². The van der Waals surface area contributed by atoms with Crippen LogP contribution in [-0.2, 0) is 0 Å². The minimum absolute atomic E-state index is 0.209. The predicted molar refractivity (Wildman–Crippen MR) is 57.7 cm³/mol. The number of allylic oxidation sites excluding steroid dienone is 3. The van der Waals surface area contributed by atoms with E-state index >= 15 is 0 Å². The lowest BCUT2D eigenvalue weighted by molar-refractivity contribution is 0.423. The molecule has 0 radical (unpaired) electrons. The van der Waals surface area contributed by atoms with Crippen molar-refractivity contribution in [2.24, 2.45) is 0 Å². The molecule has 1 nitrogen and oxygen atoms in total. The van der Waals surface area contributed by atoms with Crippen LogP contribution in [0.25, 0.3) is 0 Å². The number of alkyl halides is 2. The zero-order valence-corrected chi connectivity index (χ0v) is 10.8. The summed E-state index contributed by atoms with van der Waals surface area (Å²) >= 11 is 15.6. The molecule has 0 bridgehead atoms. The molecular weight excluding hydrogens is 363 g/mol. The lowest BCUT2D eigenvalue weighted by Crippen LogP contribution is -2.13. The maximum absolute atomic E-state index is 9.32. The molecule has 0 amide bonds. The van der Waals surface area contributed by atoms with Gasteiger partial charge in [0.05, 0.1) is 4.48 Å². The van der Waals surface area contributed by atoms with Crippen molar-refractivity contribution in [3.8, 4) is 0 Å². The Hall–Kier alpha value is 1.01. The van der Waals surface area contributed by atoms with E-state index in [-0.39, 0.29) is 5.76 Å². The summed E-state index contributed by atoms with van der Waals surface area (Å²) in [6.45, 7) is 0. The highest BCUT2D eigenvalue weighted by Gasteiger charge is 2.28. The lowest BCUT2D eigenvalue weighted by atomic mass is 10.2. The van der Waals surface area contributed by atoms with Crippen LogP contribution in [0.4, 0.5) is 0 Å². The number of halogens is 4. The van der Waals surface area contributed by atoms with E-state index in [1.54, 1.807) is 6.08 Å². The second-order valence-electron chi connectivity index (χ2n) is 2.18. The van der Waals surface area contributed by atoms with Gasteiger partial charge in [0.15, 0.2) is 0 Å². The van der Waals surface area contributed by atoms with Gasteiger partial charge < -0.3 is 5.11 Å². The predicted octanol–water partition coefficient (Wildman–Crippen LogP) is 4.16. The van der Waals surface area contributed by atoms with E-state index in [2.05, 4.69) is 47.8 Å². The summed E-state index contributed by atoms with van der Waals surface area (Å²) < 4.78 is 0.706. The van der Waals surface area contributed by atoms with E-state index in [1.807, 2.05) is 0 Å². The summed E-state index contributed by atoms with van der Waals surface area (Å²) in [6.07, 6.45) is 2.24. The minimum atomic E-state index is -0.586. The van der Waals surface area contributed by atoms with Gasteiger partial charge in [0.1, 0.15) is 9.54 Å². The molecule has 11 heavy (non-hydrogen) atoms. The summed E-state index contributed by atoms with van der Waals surface area (Å²) in [4.78, 5) is 0. The van der Waals surface area contributed by atoms with Crippen LogP contribution in [0.1, 0.15) is 6.42 Å². The highest BCUT2D eigenvalue weighted by atomic mass is 79.9. The third-order valence-corrected chi connectivity index (χ3v) is 3.22. The summed E-state index contributed by atoms with van der Waals surface area (Å²) in [7, 11) is 0. The Morgan fingerprint density at radius 1 is 1.55 bits per heavy atom. The maximum Gasteiger partial charge on any atom is 0.139 e. The Bertz CT molecular complexity index is 244. The quantitative estimate of drug-likeness (QED) is 0.638. The average Bonchev–Trinajstić information content (AvgIpc) is 1.81. The fourth-order valence-corrected chi connectivity index (χ4v) is 4.01. The number of aliphatic hydroxyl groups excluding tert-OH is 1. The monoisotopic (exact) mass is 364 g/mol. The fraction of sp³-hybridized carbons (Fsp3) is 0.333. The maximum atomic E-state index is 9.32. The fourth-order valence-electron chi connectivity index (χ4n) is 0.725. The summed E-state index contributed by atoms with van der Waals surface area (Å²) in [5.74, 6) is 0.209. The third-order valence-electron chi connectivity index (χ3n) is 1.21. The van der Waals surface area contributed by atoms with Gasteiger partial charge in [-0.05, 0) is 22.0 Å². The largest absolute Gasteiger partial charge is 0.506 e. The molecule has 1 atom stereocenters. The highest BCUT2D eigenvalue weighted by Crippen LogP contribution is 2.43. The molecule has 0 spiro atoms. The topological polar surface area (TPSA) is 20.2 Å². The van der Waals surface area contributed by atoms with Crippen molar-refractivity contribution >= 4 is 59.4 Å². The van der Waals surface area contributed by atoms with Crippen molar-refractivity contribution in [2.75, 3.05) is 0 Å². The van der Waals surface area contributed by atoms with Crippen molar-refractivity contribution in [1.82, 2.24) is 0 Å². The number of aliphatic hydroxyl groups is 1. The molecule has 0 fully saturated rings. The Morgan fingerprint density at radius 3 is 2.55 bits per heavy atom.